The Labute approximate surface area is 133 Å². The lowest BCUT2D eigenvalue weighted by atomic mass is 9.54. The standard InChI is InChI=1S/C18H24BNO2/c1-17(2)11-19(22-18(17,3)4)14-8-13(10-20)16(12-6-7-12)15(9-14)21-5/h8-9,12H,6-7,11H2,1-5H3. The first kappa shape index (κ1) is 15.4. The summed E-state index contributed by atoms with van der Waals surface area (Å²) in [6.45, 7) is 8.81. The summed E-state index contributed by atoms with van der Waals surface area (Å²) in [7, 11) is 1.69. The van der Waals surface area contributed by atoms with Gasteiger partial charge in [-0.25, -0.2) is 0 Å². The molecule has 1 aromatic rings. The number of nitriles is 1. The zero-order valence-electron chi connectivity index (χ0n) is 14.2. The van der Waals surface area contributed by atoms with Gasteiger partial charge >= 0.3 is 6.92 Å². The van der Waals surface area contributed by atoms with Crippen molar-refractivity contribution in [2.75, 3.05) is 7.11 Å². The van der Waals surface area contributed by atoms with Gasteiger partial charge in [0.05, 0.1) is 24.3 Å². The van der Waals surface area contributed by atoms with Crippen molar-refractivity contribution in [1.82, 2.24) is 0 Å². The molecule has 1 aromatic carbocycles. The predicted octanol–water partition coefficient (Wildman–Crippen LogP) is 3.48. The summed E-state index contributed by atoms with van der Waals surface area (Å²) < 4.78 is 11.9. The summed E-state index contributed by atoms with van der Waals surface area (Å²) in [6, 6.07) is 6.45. The number of methoxy groups -OCH3 is 1. The van der Waals surface area contributed by atoms with E-state index in [4.69, 9.17) is 9.39 Å². The fourth-order valence-corrected chi connectivity index (χ4v) is 3.34. The van der Waals surface area contributed by atoms with Gasteiger partial charge in [-0.05, 0) is 61.9 Å². The predicted molar refractivity (Wildman–Crippen MR) is 88.8 cm³/mol. The maximum atomic E-state index is 9.54. The summed E-state index contributed by atoms with van der Waals surface area (Å²) in [4.78, 5) is 0. The quantitative estimate of drug-likeness (QED) is 0.802. The first-order chi connectivity index (χ1) is 10.3. The number of hydrogen-bond donors (Lipinski definition) is 0. The Morgan fingerprint density at radius 3 is 2.41 bits per heavy atom. The van der Waals surface area contributed by atoms with Gasteiger partial charge < -0.3 is 9.39 Å². The lowest BCUT2D eigenvalue weighted by molar-refractivity contribution is 0.0375. The van der Waals surface area contributed by atoms with E-state index < -0.39 is 0 Å². The van der Waals surface area contributed by atoms with E-state index in [-0.39, 0.29) is 17.9 Å². The molecule has 1 saturated heterocycles. The Hall–Kier alpha value is -1.47. The summed E-state index contributed by atoms with van der Waals surface area (Å²) in [5, 5.41) is 9.54. The first-order valence-corrected chi connectivity index (χ1v) is 8.09. The number of nitrogens with zero attached hydrogens (tertiary/aromatic N) is 1. The number of hydrogen-bond acceptors (Lipinski definition) is 3. The highest BCUT2D eigenvalue weighted by Gasteiger charge is 2.50. The van der Waals surface area contributed by atoms with Crippen molar-refractivity contribution >= 4 is 12.4 Å². The van der Waals surface area contributed by atoms with E-state index in [1.165, 1.54) is 0 Å². The van der Waals surface area contributed by atoms with Crippen molar-refractivity contribution in [3.05, 3.63) is 23.3 Å². The SMILES string of the molecule is COc1cc(B2CC(C)(C)C(C)(C)O2)cc(C#N)c1C1CC1. The zero-order valence-corrected chi connectivity index (χ0v) is 14.2. The third-order valence-electron chi connectivity index (χ3n) is 5.62. The molecule has 2 fully saturated rings. The number of benzene rings is 1. The largest absolute Gasteiger partial charge is 0.496 e. The lowest BCUT2D eigenvalue weighted by Gasteiger charge is -2.34. The fraction of sp³-hybridized carbons (Fsp3) is 0.611. The van der Waals surface area contributed by atoms with Gasteiger partial charge in [-0.3, -0.25) is 0 Å². The van der Waals surface area contributed by atoms with E-state index in [0.717, 1.165) is 41.5 Å². The van der Waals surface area contributed by atoms with Crippen LogP contribution in [-0.2, 0) is 4.65 Å². The van der Waals surface area contributed by atoms with Crippen LogP contribution in [0.5, 0.6) is 5.75 Å². The molecule has 0 atom stereocenters. The van der Waals surface area contributed by atoms with Crippen LogP contribution in [0.2, 0.25) is 6.32 Å². The maximum Gasteiger partial charge on any atom is 0.328 e. The van der Waals surface area contributed by atoms with E-state index in [2.05, 4.69) is 39.8 Å². The molecule has 0 amide bonds. The maximum absolute atomic E-state index is 9.54. The van der Waals surface area contributed by atoms with Crippen LogP contribution in [0.1, 0.15) is 57.6 Å². The molecule has 0 radical (unpaired) electrons. The highest BCUT2D eigenvalue weighted by atomic mass is 16.5. The van der Waals surface area contributed by atoms with Gasteiger partial charge in [0.1, 0.15) is 5.75 Å². The molecule has 0 N–H and O–H groups in total. The molecule has 3 nitrogen and oxygen atoms in total. The Bertz CT molecular complexity index is 625. The zero-order chi connectivity index (χ0) is 16.1. The first-order valence-electron chi connectivity index (χ1n) is 8.09. The van der Waals surface area contributed by atoms with Crippen LogP contribution >= 0.6 is 0 Å². The van der Waals surface area contributed by atoms with Crippen LogP contribution in [0.25, 0.3) is 0 Å². The molecular formula is C18H24BNO2. The van der Waals surface area contributed by atoms with Crippen molar-refractivity contribution in [2.45, 2.75) is 58.4 Å². The average Bonchev–Trinajstić information content (AvgIpc) is 3.25. The molecule has 1 aliphatic carbocycles. The van der Waals surface area contributed by atoms with E-state index >= 15 is 0 Å². The van der Waals surface area contributed by atoms with Gasteiger partial charge in [0.25, 0.3) is 0 Å². The smallest absolute Gasteiger partial charge is 0.328 e. The highest BCUT2D eigenvalue weighted by molar-refractivity contribution is 6.68. The molecule has 1 aliphatic heterocycles. The molecule has 0 spiro atoms. The molecule has 22 heavy (non-hydrogen) atoms. The molecular weight excluding hydrogens is 273 g/mol. The number of rotatable bonds is 3. The van der Waals surface area contributed by atoms with E-state index in [9.17, 15) is 5.26 Å². The Balaban J connectivity index is 2.01. The van der Waals surface area contributed by atoms with Crippen LogP contribution < -0.4 is 10.2 Å². The second-order valence-corrected chi connectivity index (χ2v) is 7.78. The molecule has 2 aliphatic rings. The van der Waals surface area contributed by atoms with E-state index in [1.807, 2.05) is 6.07 Å². The third-order valence-corrected chi connectivity index (χ3v) is 5.62. The van der Waals surface area contributed by atoms with Gasteiger partial charge in [0.2, 0.25) is 0 Å². The van der Waals surface area contributed by atoms with Crippen LogP contribution in [0, 0.1) is 16.7 Å². The minimum atomic E-state index is -0.174. The molecule has 116 valence electrons. The third kappa shape index (κ3) is 2.42. The second-order valence-electron chi connectivity index (χ2n) is 7.78. The van der Waals surface area contributed by atoms with Crippen molar-refractivity contribution < 1.29 is 9.39 Å². The Morgan fingerprint density at radius 2 is 1.95 bits per heavy atom. The molecule has 1 heterocycles. The molecule has 1 saturated carbocycles. The van der Waals surface area contributed by atoms with Crippen molar-refractivity contribution in [3.63, 3.8) is 0 Å². The summed E-state index contributed by atoms with van der Waals surface area (Å²) in [5.74, 6) is 1.35. The lowest BCUT2D eigenvalue weighted by Crippen LogP contribution is -2.36. The van der Waals surface area contributed by atoms with Crippen molar-refractivity contribution in [1.29, 1.82) is 5.26 Å². The number of ether oxygens (including phenoxy) is 1. The molecule has 3 rings (SSSR count). The van der Waals surface area contributed by atoms with Gasteiger partial charge in [-0.1, -0.05) is 13.8 Å². The summed E-state index contributed by atoms with van der Waals surface area (Å²) in [6.07, 6.45) is 3.27. The average molecular weight is 297 g/mol. The molecule has 4 heteroatoms. The van der Waals surface area contributed by atoms with Crippen LogP contribution in [0.4, 0.5) is 0 Å². The van der Waals surface area contributed by atoms with Crippen LogP contribution in [-0.4, -0.2) is 19.6 Å². The van der Waals surface area contributed by atoms with Crippen molar-refractivity contribution in [3.8, 4) is 11.8 Å². The minimum absolute atomic E-state index is 0.0271. The topological polar surface area (TPSA) is 42.2 Å². The van der Waals surface area contributed by atoms with Gasteiger partial charge in [-0.15, -0.1) is 0 Å². The van der Waals surface area contributed by atoms with Crippen LogP contribution in [0.3, 0.4) is 0 Å². The minimum Gasteiger partial charge on any atom is -0.496 e. The summed E-state index contributed by atoms with van der Waals surface area (Å²) >= 11 is 0. The second kappa shape index (κ2) is 5.03. The van der Waals surface area contributed by atoms with Gasteiger partial charge in [0.15, 0.2) is 0 Å². The van der Waals surface area contributed by atoms with Gasteiger partial charge in [-0.2, -0.15) is 5.26 Å². The summed E-state index contributed by atoms with van der Waals surface area (Å²) in [5.41, 5.74) is 2.84. The van der Waals surface area contributed by atoms with E-state index in [1.54, 1.807) is 7.11 Å². The van der Waals surface area contributed by atoms with E-state index in [0.29, 0.717) is 5.92 Å². The highest BCUT2D eigenvalue weighted by Crippen LogP contribution is 2.47. The van der Waals surface area contributed by atoms with Gasteiger partial charge in [0, 0.05) is 5.56 Å². The van der Waals surface area contributed by atoms with Crippen molar-refractivity contribution in [2.24, 2.45) is 5.41 Å². The molecule has 0 aromatic heterocycles. The normalized spacial score (nSPS) is 22.5. The fourth-order valence-electron chi connectivity index (χ4n) is 3.34. The Morgan fingerprint density at radius 1 is 1.27 bits per heavy atom. The monoisotopic (exact) mass is 297 g/mol. The molecule has 0 bridgehead atoms. The Kier molecular flexibility index (Phi) is 3.53. The molecule has 0 unspecified atom stereocenters. The van der Waals surface area contributed by atoms with Crippen LogP contribution in [0.15, 0.2) is 12.1 Å².